The fraction of sp³-hybridized carbons (Fsp3) is 0.538. The molecule has 2 aliphatic rings. The van der Waals surface area contributed by atoms with Crippen LogP contribution in [0.3, 0.4) is 0 Å². The first-order chi connectivity index (χ1) is 7.92. The van der Waals surface area contributed by atoms with Gasteiger partial charge in [-0.25, -0.2) is 0 Å². The molecule has 0 radical (unpaired) electrons. The maximum atomic E-state index is 5.67. The largest absolute Gasteiger partial charge is 0.488 e. The van der Waals surface area contributed by atoms with Gasteiger partial charge in [0.25, 0.3) is 0 Å². The Morgan fingerprint density at radius 1 is 1.12 bits per heavy atom. The summed E-state index contributed by atoms with van der Waals surface area (Å²) in [6.45, 7) is 1.84. The summed E-state index contributed by atoms with van der Waals surface area (Å²) in [6.07, 6.45) is 3.48. The van der Waals surface area contributed by atoms with E-state index in [0.29, 0.717) is 19.8 Å². The van der Waals surface area contributed by atoms with Gasteiger partial charge in [0, 0.05) is 0 Å². The zero-order chi connectivity index (χ0) is 10.8. The summed E-state index contributed by atoms with van der Waals surface area (Å²) in [6, 6.07) is 6.37. The van der Waals surface area contributed by atoms with Gasteiger partial charge in [0.1, 0.15) is 12.4 Å². The lowest BCUT2D eigenvalue weighted by Gasteiger charge is -2.11. The first-order valence-electron chi connectivity index (χ1n) is 5.89. The van der Waals surface area contributed by atoms with Crippen LogP contribution in [0.1, 0.15) is 17.5 Å². The van der Waals surface area contributed by atoms with Crippen LogP contribution in [0.15, 0.2) is 18.2 Å². The second-order valence-corrected chi connectivity index (χ2v) is 4.27. The average Bonchev–Trinajstić information content (AvgIpc) is 2.97. The fourth-order valence-electron chi connectivity index (χ4n) is 2.31. The Balaban J connectivity index is 1.61. The Kier molecular flexibility index (Phi) is 2.80. The van der Waals surface area contributed by atoms with E-state index < -0.39 is 0 Å². The summed E-state index contributed by atoms with van der Waals surface area (Å²) < 4.78 is 16.3. The Bertz CT molecular complexity index is 369. The molecule has 3 rings (SSSR count). The van der Waals surface area contributed by atoms with Crippen molar-refractivity contribution in [1.82, 2.24) is 0 Å². The first kappa shape index (κ1) is 10.1. The van der Waals surface area contributed by atoms with Crippen molar-refractivity contribution in [2.24, 2.45) is 0 Å². The van der Waals surface area contributed by atoms with Gasteiger partial charge < -0.3 is 14.2 Å². The SMILES string of the molecule is c1cc2c(cc1OCC1OCCO1)CCC2. The van der Waals surface area contributed by atoms with Crippen LogP contribution in [-0.2, 0) is 22.3 Å². The third kappa shape index (κ3) is 2.06. The van der Waals surface area contributed by atoms with Crippen molar-refractivity contribution in [1.29, 1.82) is 0 Å². The molecule has 3 heteroatoms. The number of fused-ring (bicyclic) bond motifs is 1. The quantitative estimate of drug-likeness (QED) is 0.779. The predicted octanol–water partition coefficient (Wildman–Crippen LogP) is 1.93. The third-order valence-electron chi connectivity index (χ3n) is 3.15. The van der Waals surface area contributed by atoms with E-state index in [0.717, 1.165) is 5.75 Å². The third-order valence-corrected chi connectivity index (χ3v) is 3.15. The summed E-state index contributed by atoms with van der Waals surface area (Å²) in [7, 11) is 0. The Hall–Kier alpha value is -1.06. The van der Waals surface area contributed by atoms with E-state index >= 15 is 0 Å². The van der Waals surface area contributed by atoms with Gasteiger partial charge in [0.2, 0.25) is 0 Å². The van der Waals surface area contributed by atoms with Gasteiger partial charge in [-0.3, -0.25) is 0 Å². The van der Waals surface area contributed by atoms with Crippen LogP contribution in [0.25, 0.3) is 0 Å². The summed E-state index contributed by atoms with van der Waals surface area (Å²) in [5, 5.41) is 0. The zero-order valence-electron chi connectivity index (χ0n) is 9.28. The average molecular weight is 220 g/mol. The smallest absolute Gasteiger partial charge is 0.191 e. The monoisotopic (exact) mass is 220 g/mol. The van der Waals surface area contributed by atoms with Crippen LogP contribution in [0.5, 0.6) is 5.75 Å². The highest BCUT2D eigenvalue weighted by Gasteiger charge is 2.17. The maximum Gasteiger partial charge on any atom is 0.191 e. The highest BCUT2D eigenvalue weighted by molar-refractivity contribution is 5.38. The molecule has 1 aliphatic carbocycles. The van der Waals surface area contributed by atoms with Gasteiger partial charge in [0.05, 0.1) is 13.2 Å². The number of aryl methyl sites for hydroxylation is 2. The molecular formula is C13H16O3. The molecule has 0 atom stereocenters. The van der Waals surface area contributed by atoms with Gasteiger partial charge in [-0.2, -0.15) is 0 Å². The molecule has 0 aromatic heterocycles. The Morgan fingerprint density at radius 2 is 1.94 bits per heavy atom. The molecular weight excluding hydrogens is 204 g/mol. The molecule has 1 saturated heterocycles. The molecule has 86 valence electrons. The number of rotatable bonds is 3. The predicted molar refractivity (Wildman–Crippen MR) is 59.7 cm³/mol. The topological polar surface area (TPSA) is 27.7 Å². The molecule has 1 heterocycles. The standard InChI is InChI=1S/C13H16O3/c1-2-10-4-5-12(8-11(10)3-1)16-9-13-14-6-7-15-13/h4-5,8,13H,1-3,6-7,9H2. The molecule has 1 fully saturated rings. The second-order valence-electron chi connectivity index (χ2n) is 4.27. The molecule has 0 saturated carbocycles. The minimum atomic E-state index is -0.187. The molecule has 0 spiro atoms. The lowest BCUT2D eigenvalue weighted by molar-refractivity contribution is -0.0684. The molecule has 0 bridgehead atoms. The minimum Gasteiger partial charge on any atom is -0.488 e. The lowest BCUT2D eigenvalue weighted by atomic mass is 10.1. The lowest BCUT2D eigenvalue weighted by Crippen LogP contribution is -2.18. The molecule has 3 nitrogen and oxygen atoms in total. The number of benzene rings is 1. The van der Waals surface area contributed by atoms with Gasteiger partial charge in [0.15, 0.2) is 6.29 Å². The van der Waals surface area contributed by atoms with Crippen molar-refractivity contribution in [2.75, 3.05) is 19.8 Å². The highest BCUT2D eigenvalue weighted by Crippen LogP contribution is 2.26. The van der Waals surface area contributed by atoms with Crippen LogP contribution in [0, 0.1) is 0 Å². The van der Waals surface area contributed by atoms with Gasteiger partial charge in [-0.15, -0.1) is 0 Å². The van der Waals surface area contributed by atoms with Crippen LogP contribution in [0.2, 0.25) is 0 Å². The first-order valence-corrected chi connectivity index (χ1v) is 5.89. The van der Waals surface area contributed by atoms with E-state index in [-0.39, 0.29) is 6.29 Å². The van der Waals surface area contributed by atoms with Gasteiger partial charge in [-0.1, -0.05) is 6.07 Å². The van der Waals surface area contributed by atoms with E-state index in [1.807, 2.05) is 6.07 Å². The summed E-state index contributed by atoms with van der Waals surface area (Å²) in [5.41, 5.74) is 2.91. The van der Waals surface area contributed by atoms with E-state index in [1.165, 1.54) is 30.4 Å². The van der Waals surface area contributed by atoms with Gasteiger partial charge >= 0.3 is 0 Å². The minimum absolute atomic E-state index is 0.187. The Labute approximate surface area is 95.3 Å². The van der Waals surface area contributed by atoms with E-state index in [9.17, 15) is 0 Å². The molecule has 0 unspecified atom stereocenters. The highest BCUT2D eigenvalue weighted by atomic mass is 16.7. The van der Waals surface area contributed by atoms with E-state index in [2.05, 4.69) is 12.1 Å². The molecule has 0 amide bonds. The van der Waals surface area contributed by atoms with Crippen LogP contribution in [0.4, 0.5) is 0 Å². The number of hydrogen-bond donors (Lipinski definition) is 0. The van der Waals surface area contributed by atoms with E-state index in [1.54, 1.807) is 0 Å². The summed E-state index contributed by atoms with van der Waals surface area (Å²) in [4.78, 5) is 0. The van der Waals surface area contributed by atoms with Crippen molar-refractivity contribution in [3.05, 3.63) is 29.3 Å². The van der Waals surface area contributed by atoms with E-state index in [4.69, 9.17) is 14.2 Å². The number of ether oxygens (including phenoxy) is 3. The Morgan fingerprint density at radius 3 is 2.81 bits per heavy atom. The molecule has 1 aromatic carbocycles. The van der Waals surface area contributed by atoms with Crippen molar-refractivity contribution >= 4 is 0 Å². The van der Waals surface area contributed by atoms with Crippen molar-refractivity contribution < 1.29 is 14.2 Å². The zero-order valence-corrected chi connectivity index (χ0v) is 9.28. The summed E-state index contributed by atoms with van der Waals surface area (Å²) >= 11 is 0. The van der Waals surface area contributed by atoms with Crippen LogP contribution >= 0.6 is 0 Å². The van der Waals surface area contributed by atoms with Gasteiger partial charge in [-0.05, 0) is 42.5 Å². The summed E-state index contributed by atoms with van der Waals surface area (Å²) in [5.74, 6) is 0.930. The maximum absolute atomic E-state index is 5.67. The normalized spacial score (nSPS) is 20.0. The second kappa shape index (κ2) is 4.44. The fourth-order valence-corrected chi connectivity index (χ4v) is 2.31. The van der Waals surface area contributed by atoms with Crippen LogP contribution in [-0.4, -0.2) is 26.1 Å². The molecule has 1 aromatic rings. The van der Waals surface area contributed by atoms with Crippen LogP contribution < -0.4 is 4.74 Å². The van der Waals surface area contributed by atoms with Crippen molar-refractivity contribution in [3.63, 3.8) is 0 Å². The van der Waals surface area contributed by atoms with Crippen molar-refractivity contribution in [2.45, 2.75) is 25.6 Å². The number of hydrogen-bond acceptors (Lipinski definition) is 3. The molecule has 0 N–H and O–H groups in total. The molecule has 1 aliphatic heterocycles. The molecule has 16 heavy (non-hydrogen) atoms. The van der Waals surface area contributed by atoms with Crippen molar-refractivity contribution in [3.8, 4) is 5.75 Å².